The van der Waals surface area contributed by atoms with Gasteiger partial charge in [-0.2, -0.15) is 9.78 Å². The lowest BCUT2D eigenvalue weighted by Gasteiger charge is -2.13. The van der Waals surface area contributed by atoms with E-state index in [0.29, 0.717) is 16.4 Å². The third-order valence-corrected chi connectivity index (χ3v) is 4.60. The van der Waals surface area contributed by atoms with Crippen molar-refractivity contribution in [2.75, 3.05) is 12.4 Å². The van der Waals surface area contributed by atoms with Gasteiger partial charge in [0, 0.05) is 10.7 Å². The van der Waals surface area contributed by atoms with Crippen LogP contribution < -0.4 is 15.6 Å². The van der Waals surface area contributed by atoms with Gasteiger partial charge in [-0.1, -0.05) is 35.9 Å². The highest BCUT2D eigenvalue weighted by molar-refractivity contribution is 6.31. The summed E-state index contributed by atoms with van der Waals surface area (Å²) in [6, 6.07) is 13.8. The first-order chi connectivity index (χ1) is 12.9. The Morgan fingerprint density at radius 1 is 1.15 bits per heavy atom. The Morgan fingerprint density at radius 2 is 1.89 bits per heavy atom. The van der Waals surface area contributed by atoms with Gasteiger partial charge in [0.25, 0.3) is 11.5 Å². The zero-order valence-electron chi connectivity index (χ0n) is 15.1. The smallest absolute Gasteiger partial charge is 0.280 e. The van der Waals surface area contributed by atoms with Crippen LogP contribution >= 0.6 is 11.6 Å². The molecule has 3 rings (SSSR count). The first kappa shape index (κ1) is 18.7. The lowest BCUT2D eigenvalue weighted by atomic mass is 10.2. The topological polar surface area (TPSA) is 73.2 Å². The number of nitrogens with one attached hydrogen (secondary N) is 1. The van der Waals surface area contributed by atoms with Gasteiger partial charge in [0.05, 0.1) is 18.9 Å². The number of methoxy groups -OCH3 is 1. The molecule has 1 N–H and O–H groups in total. The second-order valence-corrected chi connectivity index (χ2v) is 6.37. The number of anilines is 1. The number of para-hydroxylation sites is 1. The third-order valence-electron chi connectivity index (χ3n) is 4.19. The summed E-state index contributed by atoms with van der Waals surface area (Å²) in [6.07, 6.45) is 0. The number of carbonyl (C=O) groups is 1. The Labute approximate surface area is 161 Å². The van der Waals surface area contributed by atoms with Crippen LogP contribution in [0.5, 0.6) is 5.75 Å². The monoisotopic (exact) mass is 383 g/mol. The van der Waals surface area contributed by atoms with Crippen LogP contribution in [0.3, 0.4) is 0 Å². The van der Waals surface area contributed by atoms with Crippen molar-refractivity contribution in [1.29, 1.82) is 0 Å². The van der Waals surface area contributed by atoms with Crippen LogP contribution in [0.15, 0.2) is 53.3 Å². The molecule has 0 spiro atoms. The highest BCUT2D eigenvalue weighted by Crippen LogP contribution is 2.24. The lowest BCUT2D eigenvalue weighted by molar-refractivity contribution is 0.101. The molecular weight excluding hydrogens is 366 g/mol. The number of ether oxygens (including phenoxy) is 1. The van der Waals surface area contributed by atoms with E-state index in [-0.39, 0.29) is 11.4 Å². The molecule has 27 heavy (non-hydrogen) atoms. The maximum Gasteiger partial charge on any atom is 0.280 e. The summed E-state index contributed by atoms with van der Waals surface area (Å²) >= 11 is 6.11. The van der Waals surface area contributed by atoms with E-state index in [1.54, 1.807) is 37.3 Å². The van der Waals surface area contributed by atoms with Gasteiger partial charge >= 0.3 is 0 Å². The SMILES string of the molecule is COc1cc(=O)n(-c2ccccc2C)nc1C(=O)Nc1cccc(Cl)c1C. The van der Waals surface area contributed by atoms with Gasteiger partial charge in [-0.25, -0.2) is 0 Å². The predicted molar refractivity (Wildman–Crippen MR) is 105 cm³/mol. The van der Waals surface area contributed by atoms with Crippen molar-refractivity contribution in [3.8, 4) is 11.4 Å². The average Bonchev–Trinajstić information content (AvgIpc) is 2.65. The fourth-order valence-corrected chi connectivity index (χ4v) is 2.83. The minimum atomic E-state index is -0.500. The maximum absolute atomic E-state index is 12.8. The molecule has 3 aromatic rings. The highest BCUT2D eigenvalue weighted by Gasteiger charge is 2.19. The van der Waals surface area contributed by atoms with Crippen LogP contribution in [0.4, 0.5) is 5.69 Å². The Bertz CT molecular complexity index is 1080. The Balaban J connectivity index is 2.07. The highest BCUT2D eigenvalue weighted by atomic mass is 35.5. The number of nitrogens with zero attached hydrogens (tertiary/aromatic N) is 2. The summed E-state index contributed by atoms with van der Waals surface area (Å²) in [4.78, 5) is 25.3. The van der Waals surface area contributed by atoms with Crippen molar-refractivity contribution in [3.63, 3.8) is 0 Å². The summed E-state index contributed by atoms with van der Waals surface area (Å²) in [5.41, 5.74) is 2.35. The van der Waals surface area contributed by atoms with Crippen molar-refractivity contribution in [3.05, 3.63) is 80.7 Å². The summed E-state index contributed by atoms with van der Waals surface area (Å²) in [5, 5.41) is 7.57. The van der Waals surface area contributed by atoms with Gasteiger partial charge in [0.2, 0.25) is 0 Å². The number of amides is 1. The number of aryl methyl sites for hydroxylation is 1. The number of benzene rings is 2. The van der Waals surface area contributed by atoms with Crippen LogP contribution in [0.2, 0.25) is 5.02 Å². The summed E-state index contributed by atoms with van der Waals surface area (Å²) in [6.45, 7) is 3.67. The van der Waals surface area contributed by atoms with E-state index < -0.39 is 11.5 Å². The molecule has 1 amide bonds. The molecule has 0 unspecified atom stereocenters. The number of rotatable bonds is 4. The van der Waals surface area contributed by atoms with E-state index in [2.05, 4.69) is 10.4 Å². The number of aromatic nitrogens is 2. The fraction of sp³-hybridized carbons (Fsp3) is 0.150. The molecule has 6 nitrogen and oxygen atoms in total. The molecule has 0 aliphatic heterocycles. The van der Waals surface area contributed by atoms with Crippen molar-refractivity contribution >= 4 is 23.2 Å². The number of hydrogen-bond donors (Lipinski definition) is 1. The molecule has 0 bridgehead atoms. The number of carbonyl (C=O) groups excluding carboxylic acids is 1. The van der Waals surface area contributed by atoms with Crippen molar-refractivity contribution < 1.29 is 9.53 Å². The summed E-state index contributed by atoms with van der Waals surface area (Å²) in [5.74, 6) is -0.401. The molecule has 0 radical (unpaired) electrons. The quantitative estimate of drug-likeness (QED) is 0.744. The first-order valence-electron chi connectivity index (χ1n) is 8.23. The van der Waals surface area contributed by atoms with E-state index in [1.165, 1.54) is 17.9 Å². The Morgan fingerprint density at radius 3 is 2.59 bits per heavy atom. The molecule has 0 aliphatic carbocycles. The van der Waals surface area contributed by atoms with Gasteiger partial charge in [0.15, 0.2) is 11.4 Å². The molecule has 0 atom stereocenters. The normalized spacial score (nSPS) is 10.5. The molecule has 138 valence electrons. The van der Waals surface area contributed by atoms with E-state index >= 15 is 0 Å². The zero-order chi connectivity index (χ0) is 19.6. The maximum atomic E-state index is 12.8. The van der Waals surface area contributed by atoms with Gasteiger partial charge in [-0.3, -0.25) is 9.59 Å². The van der Waals surface area contributed by atoms with Crippen LogP contribution in [-0.4, -0.2) is 22.8 Å². The first-order valence-corrected chi connectivity index (χ1v) is 8.61. The van der Waals surface area contributed by atoms with Gasteiger partial charge in [0.1, 0.15) is 0 Å². The minimum absolute atomic E-state index is 0.000251. The van der Waals surface area contributed by atoms with Crippen LogP contribution in [0.1, 0.15) is 21.6 Å². The van der Waals surface area contributed by atoms with Crippen LogP contribution in [0, 0.1) is 13.8 Å². The zero-order valence-corrected chi connectivity index (χ0v) is 15.9. The molecule has 0 fully saturated rings. The van der Waals surface area contributed by atoms with E-state index in [9.17, 15) is 9.59 Å². The van der Waals surface area contributed by atoms with Crippen molar-refractivity contribution in [2.45, 2.75) is 13.8 Å². The van der Waals surface area contributed by atoms with Crippen LogP contribution in [0.25, 0.3) is 5.69 Å². The minimum Gasteiger partial charge on any atom is -0.494 e. The second-order valence-electron chi connectivity index (χ2n) is 5.96. The molecular formula is C20H18ClN3O3. The molecule has 0 aliphatic rings. The Hall–Kier alpha value is -3.12. The second kappa shape index (κ2) is 7.63. The molecule has 1 aromatic heterocycles. The number of halogens is 1. The predicted octanol–water partition coefficient (Wildman–Crippen LogP) is 3.76. The van der Waals surface area contributed by atoms with E-state index in [0.717, 1.165) is 11.1 Å². The van der Waals surface area contributed by atoms with Gasteiger partial charge in [-0.15, -0.1) is 0 Å². The van der Waals surface area contributed by atoms with Crippen LogP contribution in [-0.2, 0) is 0 Å². The molecule has 1 heterocycles. The molecule has 7 heteroatoms. The largest absolute Gasteiger partial charge is 0.494 e. The molecule has 0 saturated carbocycles. The third kappa shape index (κ3) is 3.71. The summed E-state index contributed by atoms with van der Waals surface area (Å²) in [7, 11) is 1.38. The molecule has 0 saturated heterocycles. The van der Waals surface area contributed by atoms with Gasteiger partial charge < -0.3 is 10.1 Å². The average molecular weight is 384 g/mol. The van der Waals surface area contributed by atoms with E-state index in [1.807, 2.05) is 19.1 Å². The lowest BCUT2D eigenvalue weighted by Crippen LogP contribution is -2.26. The summed E-state index contributed by atoms with van der Waals surface area (Å²) < 4.78 is 6.39. The molecule has 2 aromatic carbocycles. The standard InChI is InChI=1S/C20H18ClN3O3/c1-12-7-4-5-10-16(12)24-18(25)11-17(27-3)19(23-24)20(26)22-15-9-6-8-14(21)13(15)2/h4-11H,1-3H3,(H,22,26). The van der Waals surface area contributed by atoms with Gasteiger partial charge in [-0.05, 0) is 43.2 Å². The van der Waals surface area contributed by atoms with Crippen molar-refractivity contribution in [1.82, 2.24) is 9.78 Å². The van der Waals surface area contributed by atoms with Crippen molar-refractivity contribution in [2.24, 2.45) is 0 Å². The Kier molecular flexibility index (Phi) is 5.28. The number of hydrogen-bond acceptors (Lipinski definition) is 4. The van der Waals surface area contributed by atoms with E-state index in [4.69, 9.17) is 16.3 Å². The fourth-order valence-electron chi connectivity index (χ4n) is 2.65.